The minimum absolute atomic E-state index is 0.150. The van der Waals surface area contributed by atoms with Crippen molar-refractivity contribution in [2.75, 3.05) is 6.54 Å². The van der Waals surface area contributed by atoms with E-state index in [2.05, 4.69) is 11.9 Å². The van der Waals surface area contributed by atoms with Crippen molar-refractivity contribution in [3.63, 3.8) is 0 Å². The smallest absolute Gasteiger partial charge is 0.320 e. The molecule has 80 valence electrons. The summed E-state index contributed by atoms with van der Waals surface area (Å²) in [4.78, 5) is 24.8. The Bertz CT molecular complexity index is 348. The summed E-state index contributed by atoms with van der Waals surface area (Å²) >= 11 is 0. The van der Waals surface area contributed by atoms with Crippen molar-refractivity contribution in [3.05, 3.63) is 24.8 Å². The first-order chi connectivity index (χ1) is 7.19. The number of imide groups is 1. The molecule has 1 aliphatic carbocycles. The van der Waals surface area contributed by atoms with Gasteiger partial charge in [-0.05, 0) is 19.3 Å². The van der Waals surface area contributed by atoms with Crippen LogP contribution in [0, 0.1) is 0 Å². The quantitative estimate of drug-likeness (QED) is 0.545. The summed E-state index contributed by atoms with van der Waals surface area (Å²) in [6, 6.07) is -0.313. The molecular formula is C11H14N2O2. The molecular weight excluding hydrogens is 192 g/mol. The molecule has 1 fully saturated rings. The van der Waals surface area contributed by atoms with Crippen molar-refractivity contribution in [2.24, 2.45) is 0 Å². The lowest BCUT2D eigenvalue weighted by atomic mass is 9.87. The van der Waals surface area contributed by atoms with Gasteiger partial charge in [0.15, 0.2) is 0 Å². The zero-order valence-corrected chi connectivity index (χ0v) is 8.53. The van der Waals surface area contributed by atoms with Crippen molar-refractivity contribution >= 4 is 11.9 Å². The van der Waals surface area contributed by atoms with Gasteiger partial charge < -0.3 is 5.32 Å². The molecule has 2 rings (SSSR count). The largest absolute Gasteiger partial charge is 0.325 e. The highest BCUT2D eigenvalue weighted by molar-refractivity contribution is 6.08. The Labute approximate surface area is 88.6 Å². The van der Waals surface area contributed by atoms with E-state index in [1.165, 1.54) is 4.90 Å². The SMILES string of the molecule is C=CCN1C(=O)NC2(C=CCCC2)C1=O. The van der Waals surface area contributed by atoms with Gasteiger partial charge in [0.05, 0.1) is 0 Å². The molecule has 4 heteroatoms. The maximum Gasteiger partial charge on any atom is 0.325 e. The predicted molar refractivity (Wildman–Crippen MR) is 56.2 cm³/mol. The maximum atomic E-state index is 12.0. The number of rotatable bonds is 2. The summed E-state index contributed by atoms with van der Waals surface area (Å²) in [6.07, 6.45) is 7.94. The lowest BCUT2D eigenvalue weighted by Crippen LogP contribution is -2.46. The first-order valence-electron chi connectivity index (χ1n) is 5.12. The van der Waals surface area contributed by atoms with E-state index >= 15 is 0 Å². The standard InChI is InChI=1S/C11H14N2O2/c1-2-8-13-9(14)11(12-10(13)15)6-4-3-5-7-11/h2,4,6H,1,3,5,7-8H2,(H,12,15). The van der Waals surface area contributed by atoms with E-state index in [0.29, 0.717) is 6.42 Å². The van der Waals surface area contributed by atoms with E-state index in [0.717, 1.165) is 12.8 Å². The minimum Gasteiger partial charge on any atom is -0.320 e. The number of urea groups is 1. The zero-order valence-electron chi connectivity index (χ0n) is 8.53. The van der Waals surface area contributed by atoms with Crippen LogP contribution in [-0.4, -0.2) is 28.9 Å². The Morgan fingerprint density at radius 1 is 1.60 bits per heavy atom. The van der Waals surface area contributed by atoms with Crippen LogP contribution in [0.1, 0.15) is 19.3 Å². The number of nitrogens with one attached hydrogen (secondary N) is 1. The molecule has 4 nitrogen and oxygen atoms in total. The number of carbonyl (C=O) groups excluding carboxylic acids is 2. The van der Waals surface area contributed by atoms with Gasteiger partial charge in [0, 0.05) is 6.54 Å². The molecule has 1 aliphatic heterocycles. The zero-order chi connectivity index (χ0) is 10.9. The molecule has 1 saturated heterocycles. The maximum absolute atomic E-state index is 12.0. The molecule has 1 atom stereocenters. The number of hydrogen-bond donors (Lipinski definition) is 1. The second-order valence-electron chi connectivity index (χ2n) is 3.90. The second-order valence-corrected chi connectivity index (χ2v) is 3.90. The lowest BCUT2D eigenvalue weighted by Gasteiger charge is -2.25. The summed E-state index contributed by atoms with van der Waals surface area (Å²) < 4.78 is 0. The molecule has 1 unspecified atom stereocenters. The van der Waals surface area contributed by atoms with Gasteiger partial charge in [0.25, 0.3) is 5.91 Å². The van der Waals surface area contributed by atoms with Gasteiger partial charge in [-0.2, -0.15) is 0 Å². The van der Waals surface area contributed by atoms with E-state index in [1.54, 1.807) is 6.08 Å². The summed E-state index contributed by atoms with van der Waals surface area (Å²) in [7, 11) is 0. The Balaban J connectivity index is 2.27. The molecule has 0 saturated carbocycles. The molecule has 3 amide bonds. The summed E-state index contributed by atoms with van der Waals surface area (Å²) in [5.41, 5.74) is -0.766. The van der Waals surface area contributed by atoms with Crippen molar-refractivity contribution in [1.29, 1.82) is 0 Å². The third-order valence-electron chi connectivity index (χ3n) is 2.86. The van der Waals surface area contributed by atoms with Crippen LogP contribution in [-0.2, 0) is 4.79 Å². The highest BCUT2D eigenvalue weighted by atomic mass is 16.2. The van der Waals surface area contributed by atoms with E-state index in [4.69, 9.17) is 0 Å². The van der Waals surface area contributed by atoms with Gasteiger partial charge in [-0.3, -0.25) is 9.69 Å². The minimum atomic E-state index is -0.766. The normalized spacial score (nSPS) is 29.7. The van der Waals surface area contributed by atoms with Crippen LogP contribution in [0.15, 0.2) is 24.8 Å². The highest BCUT2D eigenvalue weighted by Gasteiger charge is 2.49. The van der Waals surface area contributed by atoms with Gasteiger partial charge in [-0.1, -0.05) is 18.2 Å². The molecule has 0 aromatic carbocycles. The van der Waals surface area contributed by atoms with Crippen LogP contribution >= 0.6 is 0 Å². The fourth-order valence-corrected chi connectivity index (χ4v) is 2.09. The van der Waals surface area contributed by atoms with Gasteiger partial charge >= 0.3 is 6.03 Å². The van der Waals surface area contributed by atoms with Crippen LogP contribution in [0.25, 0.3) is 0 Å². The number of allylic oxidation sites excluding steroid dienone is 1. The van der Waals surface area contributed by atoms with Crippen molar-refractivity contribution in [1.82, 2.24) is 10.2 Å². The molecule has 1 N–H and O–H groups in total. The first kappa shape index (κ1) is 9.96. The molecule has 1 heterocycles. The van der Waals surface area contributed by atoms with Gasteiger partial charge in [-0.15, -0.1) is 6.58 Å². The lowest BCUT2D eigenvalue weighted by molar-refractivity contribution is -0.129. The Morgan fingerprint density at radius 3 is 3.00 bits per heavy atom. The van der Waals surface area contributed by atoms with Crippen LogP contribution in [0.5, 0.6) is 0 Å². The average Bonchev–Trinajstić information content (AvgIpc) is 2.45. The first-order valence-corrected chi connectivity index (χ1v) is 5.12. The van der Waals surface area contributed by atoms with Gasteiger partial charge in [0.1, 0.15) is 5.54 Å². The Morgan fingerprint density at radius 2 is 2.40 bits per heavy atom. The fraction of sp³-hybridized carbons (Fsp3) is 0.455. The number of amides is 3. The molecule has 0 aromatic heterocycles. The summed E-state index contributed by atoms with van der Waals surface area (Å²) in [5, 5.41) is 2.76. The molecule has 2 aliphatic rings. The van der Waals surface area contributed by atoms with Crippen molar-refractivity contribution < 1.29 is 9.59 Å². The summed E-state index contributed by atoms with van der Waals surface area (Å²) in [6.45, 7) is 3.81. The van der Waals surface area contributed by atoms with Gasteiger partial charge in [0.2, 0.25) is 0 Å². The van der Waals surface area contributed by atoms with E-state index in [9.17, 15) is 9.59 Å². The highest BCUT2D eigenvalue weighted by Crippen LogP contribution is 2.28. The van der Waals surface area contributed by atoms with Crippen LogP contribution in [0.2, 0.25) is 0 Å². The van der Waals surface area contributed by atoms with Gasteiger partial charge in [-0.25, -0.2) is 4.79 Å². The summed E-state index contributed by atoms with van der Waals surface area (Å²) in [5.74, 6) is -0.150. The number of hydrogen-bond acceptors (Lipinski definition) is 2. The number of carbonyl (C=O) groups is 2. The topological polar surface area (TPSA) is 49.4 Å². The molecule has 0 radical (unpaired) electrons. The third-order valence-corrected chi connectivity index (χ3v) is 2.86. The van der Waals surface area contributed by atoms with Crippen molar-refractivity contribution in [3.8, 4) is 0 Å². The fourth-order valence-electron chi connectivity index (χ4n) is 2.09. The second kappa shape index (κ2) is 3.53. The van der Waals surface area contributed by atoms with E-state index in [-0.39, 0.29) is 18.5 Å². The van der Waals surface area contributed by atoms with Crippen LogP contribution in [0.3, 0.4) is 0 Å². The Hall–Kier alpha value is -1.58. The number of nitrogens with zero attached hydrogens (tertiary/aromatic N) is 1. The average molecular weight is 206 g/mol. The van der Waals surface area contributed by atoms with Crippen molar-refractivity contribution in [2.45, 2.75) is 24.8 Å². The Kier molecular flexibility index (Phi) is 2.34. The van der Waals surface area contributed by atoms with E-state index in [1.807, 2.05) is 12.2 Å². The molecule has 1 spiro atoms. The third kappa shape index (κ3) is 1.46. The molecule has 0 bridgehead atoms. The monoisotopic (exact) mass is 206 g/mol. The predicted octanol–water partition coefficient (Wildman–Crippen LogP) is 1.20. The molecule has 15 heavy (non-hydrogen) atoms. The van der Waals surface area contributed by atoms with E-state index < -0.39 is 5.54 Å². The van der Waals surface area contributed by atoms with Crippen LogP contribution < -0.4 is 5.32 Å². The van der Waals surface area contributed by atoms with Crippen LogP contribution in [0.4, 0.5) is 4.79 Å². The molecule has 0 aromatic rings.